The number of amides is 1. The van der Waals surface area contributed by atoms with Gasteiger partial charge in [0.05, 0.1) is 5.54 Å². The summed E-state index contributed by atoms with van der Waals surface area (Å²) >= 11 is 0. The van der Waals surface area contributed by atoms with Crippen molar-refractivity contribution in [3.8, 4) is 0 Å². The molecule has 2 fully saturated rings. The number of aliphatic carboxylic acids is 1. The van der Waals surface area contributed by atoms with Gasteiger partial charge in [0.25, 0.3) is 0 Å². The van der Waals surface area contributed by atoms with Crippen LogP contribution in [0.3, 0.4) is 0 Å². The second kappa shape index (κ2) is 5.90. The van der Waals surface area contributed by atoms with Crippen LogP contribution in [0.1, 0.15) is 45.4 Å². The fourth-order valence-electron chi connectivity index (χ4n) is 3.24. The third-order valence-electron chi connectivity index (χ3n) is 4.41. The van der Waals surface area contributed by atoms with E-state index >= 15 is 0 Å². The average Bonchev–Trinajstić information content (AvgIpc) is 2.84. The summed E-state index contributed by atoms with van der Waals surface area (Å²) in [5, 5.41) is 12.1. The Kier molecular flexibility index (Phi) is 4.45. The zero-order valence-corrected chi connectivity index (χ0v) is 11.7. The van der Waals surface area contributed by atoms with Gasteiger partial charge in [0, 0.05) is 19.5 Å². The van der Waals surface area contributed by atoms with Crippen LogP contribution >= 0.6 is 0 Å². The van der Waals surface area contributed by atoms with Gasteiger partial charge in [-0.05, 0) is 51.5 Å². The Labute approximate surface area is 114 Å². The van der Waals surface area contributed by atoms with Gasteiger partial charge in [-0.1, -0.05) is 0 Å². The summed E-state index contributed by atoms with van der Waals surface area (Å²) in [6.45, 7) is 4.45. The third-order valence-corrected chi connectivity index (χ3v) is 4.41. The van der Waals surface area contributed by atoms with Crippen LogP contribution in [0.4, 0.5) is 0 Å². The Hall–Kier alpha value is -1.10. The minimum Gasteiger partial charge on any atom is -0.481 e. The molecule has 0 saturated carbocycles. The van der Waals surface area contributed by atoms with E-state index in [1.807, 2.05) is 11.8 Å². The van der Waals surface area contributed by atoms with E-state index < -0.39 is 11.5 Å². The number of carboxylic acid groups (broad SMARTS) is 1. The zero-order valence-electron chi connectivity index (χ0n) is 11.7. The molecule has 0 bridgehead atoms. The molecule has 5 heteroatoms. The van der Waals surface area contributed by atoms with Gasteiger partial charge in [-0.3, -0.25) is 9.59 Å². The van der Waals surface area contributed by atoms with Crippen LogP contribution in [0.5, 0.6) is 0 Å². The molecule has 2 aliphatic heterocycles. The summed E-state index contributed by atoms with van der Waals surface area (Å²) in [5.74, 6) is -0.198. The zero-order chi connectivity index (χ0) is 13.9. The largest absolute Gasteiger partial charge is 0.481 e. The number of piperidine rings is 1. The molecule has 2 saturated heterocycles. The SMILES string of the molecule is CC1(C(=O)N2CCCC(CCC(=O)O)C2)CCCN1. The molecule has 1 amide bonds. The van der Waals surface area contributed by atoms with Crippen LogP contribution < -0.4 is 5.32 Å². The van der Waals surface area contributed by atoms with Gasteiger partial charge in [-0.25, -0.2) is 0 Å². The molecule has 0 aliphatic carbocycles. The number of carbonyl (C=O) groups is 2. The normalized spacial score (nSPS) is 31.4. The number of hydrogen-bond donors (Lipinski definition) is 2. The fraction of sp³-hybridized carbons (Fsp3) is 0.857. The van der Waals surface area contributed by atoms with Crippen molar-refractivity contribution < 1.29 is 14.7 Å². The van der Waals surface area contributed by atoms with Gasteiger partial charge < -0.3 is 15.3 Å². The molecule has 2 atom stereocenters. The lowest BCUT2D eigenvalue weighted by Gasteiger charge is -2.37. The molecule has 0 radical (unpaired) electrons. The summed E-state index contributed by atoms with van der Waals surface area (Å²) in [6.07, 6.45) is 4.89. The molecule has 0 aromatic heterocycles. The summed E-state index contributed by atoms with van der Waals surface area (Å²) < 4.78 is 0. The number of nitrogens with zero attached hydrogens (tertiary/aromatic N) is 1. The first-order valence-electron chi connectivity index (χ1n) is 7.27. The first-order chi connectivity index (χ1) is 9.01. The molecule has 2 unspecified atom stereocenters. The quantitative estimate of drug-likeness (QED) is 0.804. The molecule has 2 rings (SSSR count). The van der Waals surface area contributed by atoms with Crippen molar-refractivity contribution in [1.29, 1.82) is 0 Å². The van der Waals surface area contributed by atoms with Gasteiger partial charge in [0.15, 0.2) is 0 Å². The monoisotopic (exact) mass is 268 g/mol. The van der Waals surface area contributed by atoms with Crippen molar-refractivity contribution >= 4 is 11.9 Å². The summed E-state index contributed by atoms with van der Waals surface area (Å²) in [4.78, 5) is 25.1. The summed E-state index contributed by atoms with van der Waals surface area (Å²) in [5.41, 5.74) is -0.394. The average molecular weight is 268 g/mol. The Morgan fingerprint density at radius 3 is 2.84 bits per heavy atom. The van der Waals surface area contributed by atoms with E-state index in [1.165, 1.54) is 0 Å². The highest BCUT2D eigenvalue weighted by atomic mass is 16.4. The van der Waals surface area contributed by atoms with Gasteiger partial charge in [-0.15, -0.1) is 0 Å². The van der Waals surface area contributed by atoms with Gasteiger partial charge >= 0.3 is 5.97 Å². The maximum absolute atomic E-state index is 12.6. The molecule has 2 heterocycles. The molecule has 19 heavy (non-hydrogen) atoms. The minimum absolute atomic E-state index is 0.199. The van der Waals surface area contributed by atoms with Crippen molar-refractivity contribution in [3.05, 3.63) is 0 Å². The molecule has 0 aromatic rings. The van der Waals surface area contributed by atoms with Crippen LogP contribution in [-0.2, 0) is 9.59 Å². The second-order valence-corrected chi connectivity index (χ2v) is 6.05. The van der Waals surface area contributed by atoms with Gasteiger partial charge in [0.2, 0.25) is 5.91 Å². The maximum atomic E-state index is 12.6. The number of nitrogens with one attached hydrogen (secondary N) is 1. The van der Waals surface area contributed by atoms with E-state index in [-0.39, 0.29) is 12.3 Å². The van der Waals surface area contributed by atoms with E-state index in [9.17, 15) is 9.59 Å². The van der Waals surface area contributed by atoms with Crippen molar-refractivity contribution in [2.24, 2.45) is 5.92 Å². The van der Waals surface area contributed by atoms with E-state index in [1.54, 1.807) is 0 Å². The number of carboxylic acids is 1. The van der Waals surface area contributed by atoms with Gasteiger partial charge in [-0.2, -0.15) is 0 Å². The molecule has 108 valence electrons. The van der Waals surface area contributed by atoms with Crippen LogP contribution in [0.25, 0.3) is 0 Å². The Morgan fingerprint density at radius 2 is 2.21 bits per heavy atom. The minimum atomic E-state index is -0.743. The lowest BCUT2D eigenvalue weighted by molar-refractivity contribution is -0.139. The van der Waals surface area contributed by atoms with Crippen LogP contribution in [0.15, 0.2) is 0 Å². The molecular weight excluding hydrogens is 244 g/mol. The second-order valence-electron chi connectivity index (χ2n) is 6.05. The number of carbonyl (C=O) groups excluding carboxylic acids is 1. The lowest BCUT2D eigenvalue weighted by atomic mass is 9.91. The number of hydrogen-bond acceptors (Lipinski definition) is 3. The predicted octanol–water partition coefficient (Wildman–Crippen LogP) is 1.23. The van der Waals surface area contributed by atoms with Crippen LogP contribution in [-0.4, -0.2) is 47.1 Å². The van der Waals surface area contributed by atoms with E-state index in [2.05, 4.69) is 5.32 Å². The van der Waals surface area contributed by atoms with E-state index in [4.69, 9.17) is 5.11 Å². The Morgan fingerprint density at radius 1 is 1.42 bits per heavy atom. The maximum Gasteiger partial charge on any atom is 0.303 e. The van der Waals surface area contributed by atoms with Crippen molar-refractivity contribution in [1.82, 2.24) is 10.2 Å². The van der Waals surface area contributed by atoms with Gasteiger partial charge in [0.1, 0.15) is 0 Å². The van der Waals surface area contributed by atoms with Crippen LogP contribution in [0, 0.1) is 5.92 Å². The number of rotatable bonds is 4. The van der Waals surface area contributed by atoms with E-state index in [0.717, 1.165) is 45.3 Å². The van der Waals surface area contributed by atoms with E-state index in [0.29, 0.717) is 12.3 Å². The first-order valence-corrected chi connectivity index (χ1v) is 7.27. The molecule has 2 N–H and O–H groups in total. The Balaban J connectivity index is 1.89. The highest BCUT2D eigenvalue weighted by Crippen LogP contribution is 2.26. The fourth-order valence-corrected chi connectivity index (χ4v) is 3.24. The Bertz CT molecular complexity index is 351. The molecule has 5 nitrogen and oxygen atoms in total. The smallest absolute Gasteiger partial charge is 0.303 e. The molecule has 2 aliphatic rings. The standard InChI is InChI=1S/C14H24N2O3/c1-14(7-3-8-15-14)13(19)16-9-2-4-11(10-16)5-6-12(17)18/h11,15H,2-10H2,1H3,(H,17,18). The first kappa shape index (κ1) is 14.3. The molecule has 0 aromatic carbocycles. The highest BCUT2D eigenvalue weighted by molar-refractivity contribution is 5.86. The third kappa shape index (κ3) is 3.47. The van der Waals surface area contributed by atoms with Crippen molar-refractivity contribution in [3.63, 3.8) is 0 Å². The van der Waals surface area contributed by atoms with Crippen LogP contribution in [0.2, 0.25) is 0 Å². The molecule has 0 spiro atoms. The summed E-state index contributed by atoms with van der Waals surface area (Å²) in [6, 6.07) is 0. The highest BCUT2D eigenvalue weighted by Gasteiger charge is 2.40. The predicted molar refractivity (Wildman–Crippen MR) is 71.8 cm³/mol. The topological polar surface area (TPSA) is 69.6 Å². The number of likely N-dealkylation sites (tertiary alicyclic amines) is 1. The van der Waals surface area contributed by atoms with Crippen molar-refractivity contribution in [2.45, 2.75) is 51.0 Å². The van der Waals surface area contributed by atoms with Crippen molar-refractivity contribution in [2.75, 3.05) is 19.6 Å². The summed E-state index contributed by atoms with van der Waals surface area (Å²) in [7, 11) is 0. The molecular formula is C14H24N2O3. The lowest BCUT2D eigenvalue weighted by Crippen LogP contribution is -2.55.